The minimum Gasteiger partial charge on any atom is -0.481 e. The number of allylic oxidation sites excluding steroid dienone is 4. The second kappa shape index (κ2) is 4.22. The molecule has 2 atom stereocenters. The van der Waals surface area contributed by atoms with Crippen molar-refractivity contribution in [2.24, 2.45) is 11.8 Å². The van der Waals surface area contributed by atoms with E-state index in [0.717, 1.165) is 0 Å². The van der Waals surface area contributed by atoms with E-state index in [-0.39, 0.29) is 5.78 Å². The zero-order valence-corrected chi connectivity index (χ0v) is 8.36. The average Bonchev–Trinajstić information content (AvgIpc) is 2.13. The van der Waals surface area contributed by atoms with Crippen molar-refractivity contribution in [3.8, 4) is 0 Å². The van der Waals surface area contributed by atoms with E-state index in [0.29, 0.717) is 12.0 Å². The third-order valence-electron chi connectivity index (χ3n) is 2.55. The van der Waals surface area contributed by atoms with Crippen molar-refractivity contribution in [3.63, 3.8) is 0 Å². The third kappa shape index (κ3) is 1.92. The van der Waals surface area contributed by atoms with Gasteiger partial charge >= 0.3 is 5.97 Å². The SMILES string of the molecule is CCC(C(=O)O)C1C=CC=C(C)C1=O. The van der Waals surface area contributed by atoms with Gasteiger partial charge in [0, 0.05) is 0 Å². The van der Waals surface area contributed by atoms with Gasteiger partial charge in [-0.2, -0.15) is 0 Å². The number of rotatable bonds is 3. The van der Waals surface area contributed by atoms with E-state index in [9.17, 15) is 9.59 Å². The molecule has 0 fully saturated rings. The van der Waals surface area contributed by atoms with Crippen LogP contribution in [-0.4, -0.2) is 16.9 Å². The van der Waals surface area contributed by atoms with Crippen molar-refractivity contribution < 1.29 is 14.7 Å². The van der Waals surface area contributed by atoms with Crippen LogP contribution in [0.25, 0.3) is 0 Å². The minimum absolute atomic E-state index is 0.0678. The number of Topliss-reactive ketones (excluding diaryl/α,β-unsaturated/α-hetero) is 1. The quantitative estimate of drug-likeness (QED) is 0.745. The Bertz CT molecular complexity index is 312. The molecule has 0 bridgehead atoms. The highest BCUT2D eigenvalue weighted by Crippen LogP contribution is 2.24. The number of carbonyl (C=O) groups excluding carboxylic acids is 1. The molecule has 1 aliphatic rings. The van der Waals surface area contributed by atoms with Gasteiger partial charge in [0.15, 0.2) is 5.78 Å². The Kier molecular flexibility index (Phi) is 3.23. The zero-order valence-electron chi connectivity index (χ0n) is 8.36. The van der Waals surface area contributed by atoms with Crippen molar-refractivity contribution in [1.29, 1.82) is 0 Å². The van der Waals surface area contributed by atoms with Crippen molar-refractivity contribution >= 4 is 11.8 Å². The summed E-state index contributed by atoms with van der Waals surface area (Å²) in [6.45, 7) is 3.50. The van der Waals surface area contributed by atoms with E-state index in [1.54, 1.807) is 32.1 Å². The molecule has 0 saturated carbocycles. The smallest absolute Gasteiger partial charge is 0.307 e. The maximum absolute atomic E-state index is 11.6. The highest BCUT2D eigenvalue weighted by molar-refractivity contribution is 6.01. The number of hydrogen-bond acceptors (Lipinski definition) is 2. The highest BCUT2D eigenvalue weighted by Gasteiger charge is 2.31. The van der Waals surface area contributed by atoms with Crippen molar-refractivity contribution in [1.82, 2.24) is 0 Å². The van der Waals surface area contributed by atoms with Crippen LogP contribution in [0.15, 0.2) is 23.8 Å². The van der Waals surface area contributed by atoms with Gasteiger partial charge in [-0.1, -0.05) is 25.2 Å². The molecule has 1 rings (SSSR count). The fourth-order valence-electron chi connectivity index (χ4n) is 1.65. The number of carbonyl (C=O) groups is 2. The molecule has 1 N–H and O–H groups in total. The summed E-state index contributed by atoms with van der Waals surface area (Å²) in [7, 11) is 0. The maximum atomic E-state index is 11.6. The molecular formula is C11H14O3. The molecule has 3 heteroatoms. The van der Waals surface area contributed by atoms with Crippen LogP contribution in [0.3, 0.4) is 0 Å². The predicted molar refractivity (Wildman–Crippen MR) is 52.8 cm³/mol. The van der Waals surface area contributed by atoms with Gasteiger partial charge in [0.2, 0.25) is 0 Å². The van der Waals surface area contributed by atoms with E-state index in [1.165, 1.54) is 0 Å². The van der Waals surface area contributed by atoms with Crippen LogP contribution < -0.4 is 0 Å². The van der Waals surface area contributed by atoms with E-state index >= 15 is 0 Å². The Labute approximate surface area is 83.1 Å². The van der Waals surface area contributed by atoms with Crippen molar-refractivity contribution in [3.05, 3.63) is 23.8 Å². The van der Waals surface area contributed by atoms with Gasteiger partial charge in [-0.25, -0.2) is 0 Å². The molecule has 0 heterocycles. The first-order valence-corrected chi connectivity index (χ1v) is 4.70. The van der Waals surface area contributed by atoms with E-state index in [1.807, 2.05) is 0 Å². The first-order valence-electron chi connectivity index (χ1n) is 4.70. The molecule has 0 aliphatic heterocycles. The van der Waals surface area contributed by atoms with E-state index in [4.69, 9.17) is 5.11 Å². The number of aliphatic carboxylic acids is 1. The van der Waals surface area contributed by atoms with Gasteiger partial charge in [0.25, 0.3) is 0 Å². The Morgan fingerprint density at radius 1 is 1.64 bits per heavy atom. The average molecular weight is 194 g/mol. The topological polar surface area (TPSA) is 54.4 Å². The lowest BCUT2D eigenvalue weighted by Crippen LogP contribution is -2.29. The molecule has 0 saturated heterocycles. The number of hydrogen-bond donors (Lipinski definition) is 1. The number of ketones is 1. The van der Waals surface area contributed by atoms with Gasteiger partial charge < -0.3 is 5.11 Å². The standard InChI is InChI=1S/C11H14O3/c1-3-8(11(13)14)9-6-4-5-7(2)10(9)12/h4-6,8-9H,3H2,1-2H3,(H,13,14). The van der Waals surface area contributed by atoms with Crippen molar-refractivity contribution in [2.45, 2.75) is 20.3 Å². The number of carboxylic acids is 1. The van der Waals surface area contributed by atoms with Crippen LogP contribution in [0.1, 0.15) is 20.3 Å². The molecule has 0 amide bonds. The Morgan fingerprint density at radius 2 is 2.29 bits per heavy atom. The van der Waals surface area contributed by atoms with Crippen molar-refractivity contribution in [2.75, 3.05) is 0 Å². The molecule has 0 aromatic heterocycles. The summed E-state index contributed by atoms with van der Waals surface area (Å²) in [4.78, 5) is 22.5. The lowest BCUT2D eigenvalue weighted by atomic mass is 9.82. The van der Waals surface area contributed by atoms with Crippen LogP contribution in [0.4, 0.5) is 0 Å². The summed E-state index contributed by atoms with van der Waals surface area (Å²) in [5, 5.41) is 8.92. The van der Waals surface area contributed by atoms with Crippen LogP contribution in [0, 0.1) is 11.8 Å². The lowest BCUT2D eigenvalue weighted by molar-refractivity contribution is -0.145. The first-order chi connectivity index (χ1) is 6.57. The predicted octanol–water partition coefficient (Wildman–Crippen LogP) is 1.80. The summed E-state index contributed by atoms with van der Waals surface area (Å²) >= 11 is 0. The molecule has 76 valence electrons. The first kappa shape index (κ1) is 10.7. The summed E-state index contributed by atoms with van der Waals surface area (Å²) in [6, 6.07) is 0. The normalized spacial score (nSPS) is 23.1. The van der Waals surface area contributed by atoms with Gasteiger partial charge in [-0.05, 0) is 18.9 Å². The fraction of sp³-hybridized carbons (Fsp3) is 0.455. The number of carboxylic acid groups (broad SMARTS) is 1. The fourth-order valence-corrected chi connectivity index (χ4v) is 1.65. The Hall–Kier alpha value is -1.38. The monoisotopic (exact) mass is 194 g/mol. The second-order valence-corrected chi connectivity index (χ2v) is 3.48. The minimum atomic E-state index is -0.898. The molecule has 2 unspecified atom stereocenters. The molecule has 0 aromatic rings. The van der Waals surface area contributed by atoms with E-state index < -0.39 is 17.8 Å². The second-order valence-electron chi connectivity index (χ2n) is 3.48. The summed E-state index contributed by atoms with van der Waals surface area (Å²) in [6.07, 6.45) is 5.63. The van der Waals surface area contributed by atoms with E-state index in [2.05, 4.69) is 0 Å². The van der Waals surface area contributed by atoms with Gasteiger partial charge in [-0.3, -0.25) is 9.59 Å². The molecule has 3 nitrogen and oxygen atoms in total. The summed E-state index contributed by atoms with van der Waals surface area (Å²) in [5.41, 5.74) is 0.636. The van der Waals surface area contributed by atoms with Gasteiger partial charge in [0.05, 0.1) is 11.8 Å². The molecule has 0 aromatic carbocycles. The lowest BCUT2D eigenvalue weighted by Gasteiger charge is -2.20. The molecule has 0 spiro atoms. The largest absolute Gasteiger partial charge is 0.481 e. The molecule has 0 radical (unpaired) electrons. The summed E-state index contributed by atoms with van der Waals surface area (Å²) in [5.74, 6) is -2.04. The van der Waals surface area contributed by atoms with Crippen LogP contribution in [-0.2, 0) is 9.59 Å². The Balaban J connectivity index is 2.89. The Morgan fingerprint density at radius 3 is 2.79 bits per heavy atom. The third-order valence-corrected chi connectivity index (χ3v) is 2.55. The van der Waals surface area contributed by atoms with Gasteiger partial charge in [0.1, 0.15) is 0 Å². The molecule has 14 heavy (non-hydrogen) atoms. The molecular weight excluding hydrogens is 180 g/mol. The van der Waals surface area contributed by atoms with Crippen LogP contribution in [0.2, 0.25) is 0 Å². The van der Waals surface area contributed by atoms with Crippen LogP contribution >= 0.6 is 0 Å². The maximum Gasteiger partial charge on any atom is 0.307 e. The van der Waals surface area contributed by atoms with Crippen LogP contribution in [0.5, 0.6) is 0 Å². The zero-order chi connectivity index (χ0) is 10.7. The van der Waals surface area contributed by atoms with Gasteiger partial charge in [-0.15, -0.1) is 0 Å². The summed E-state index contributed by atoms with van der Waals surface area (Å²) < 4.78 is 0. The highest BCUT2D eigenvalue weighted by atomic mass is 16.4. The molecule has 1 aliphatic carbocycles.